The maximum absolute atomic E-state index is 14.2. The molecule has 1 saturated heterocycles. The Balaban J connectivity index is 1.31. The molecule has 5 N–H and O–H groups in total. The fraction of sp³-hybridized carbons (Fsp3) is 0.489. The molecule has 12 atom stereocenters. The summed E-state index contributed by atoms with van der Waals surface area (Å²) in [6.45, 7) is 11.0. The zero-order valence-electron chi connectivity index (χ0n) is 32.7. The lowest BCUT2D eigenvalue weighted by molar-refractivity contribution is -0.317. The van der Waals surface area contributed by atoms with Crippen LogP contribution in [0.1, 0.15) is 86.7 Å². The van der Waals surface area contributed by atoms with Crippen molar-refractivity contribution in [1.29, 1.82) is 0 Å². The summed E-state index contributed by atoms with van der Waals surface area (Å²) in [6.07, 6.45) is -6.41. The first-order valence-electron chi connectivity index (χ1n) is 19.4. The van der Waals surface area contributed by atoms with Gasteiger partial charge in [-0.15, -0.1) is 0 Å². The van der Waals surface area contributed by atoms with Crippen molar-refractivity contribution in [2.75, 3.05) is 6.61 Å². The lowest BCUT2D eigenvalue weighted by Gasteiger charge is -2.66. The SMILES string of the molecule is CC1=C2[C@H](C)[C@H](O)[C@@]3(C)[C@H]([C@H](OC(=O)c4ccccc4)[C@]2(C(C)(C)O)CC1OC(=O)[C@H](O)[C@@H](NC(=O)c1ccccc1)c1ccccc1)[C@]1(C)CO[C@@H]1C[C@@H]3O. The van der Waals surface area contributed by atoms with Crippen LogP contribution >= 0.6 is 0 Å². The molecular weight excluding hydrogens is 714 g/mol. The number of rotatable bonds is 9. The van der Waals surface area contributed by atoms with Gasteiger partial charge in [-0.05, 0) is 61.7 Å². The van der Waals surface area contributed by atoms with Crippen LogP contribution in [0.3, 0.4) is 0 Å². The van der Waals surface area contributed by atoms with Gasteiger partial charge in [-0.1, -0.05) is 87.5 Å². The van der Waals surface area contributed by atoms with Crippen molar-refractivity contribution in [3.8, 4) is 0 Å². The summed E-state index contributed by atoms with van der Waals surface area (Å²) < 4.78 is 18.9. The number of hydrogen-bond acceptors (Lipinski definition) is 10. The number of carbonyl (C=O) groups excluding carboxylic acids is 3. The Morgan fingerprint density at radius 3 is 2.02 bits per heavy atom. The van der Waals surface area contributed by atoms with Crippen molar-refractivity contribution < 1.29 is 49.0 Å². The third kappa shape index (κ3) is 6.19. The van der Waals surface area contributed by atoms with Gasteiger partial charge in [0, 0.05) is 41.1 Å². The molecule has 56 heavy (non-hydrogen) atoms. The summed E-state index contributed by atoms with van der Waals surface area (Å²) >= 11 is 0. The normalized spacial score (nSPS) is 34.7. The summed E-state index contributed by atoms with van der Waals surface area (Å²) in [5.74, 6) is -3.58. The van der Waals surface area contributed by atoms with Crippen LogP contribution in [0.25, 0.3) is 0 Å². The Morgan fingerprint density at radius 1 is 0.893 bits per heavy atom. The molecule has 3 aliphatic carbocycles. The van der Waals surface area contributed by atoms with E-state index in [-0.39, 0.29) is 25.0 Å². The van der Waals surface area contributed by atoms with E-state index in [0.717, 1.165) is 0 Å². The molecule has 11 nitrogen and oxygen atoms in total. The van der Waals surface area contributed by atoms with Crippen molar-refractivity contribution in [2.24, 2.45) is 28.1 Å². The molecule has 0 aromatic heterocycles. The quantitative estimate of drug-likeness (QED) is 0.149. The first kappa shape index (κ1) is 39.8. The van der Waals surface area contributed by atoms with Crippen LogP contribution in [0.15, 0.2) is 102 Å². The maximum Gasteiger partial charge on any atom is 0.338 e. The molecule has 0 spiro atoms. The third-order valence-electron chi connectivity index (χ3n) is 13.7. The van der Waals surface area contributed by atoms with Gasteiger partial charge in [0.1, 0.15) is 12.2 Å². The van der Waals surface area contributed by atoms with Crippen molar-refractivity contribution >= 4 is 17.8 Å². The number of amides is 1. The summed E-state index contributed by atoms with van der Waals surface area (Å²) in [5.41, 5.74) is -2.79. The van der Waals surface area contributed by atoms with Gasteiger partial charge in [0.2, 0.25) is 0 Å². The molecule has 3 aromatic carbocycles. The molecule has 298 valence electrons. The van der Waals surface area contributed by atoms with Gasteiger partial charge in [-0.2, -0.15) is 0 Å². The molecule has 0 radical (unpaired) electrons. The van der Waals surface area contributed by atoms with E-state index in [4.69, 9.17) is 14.2 Å². The minimum Gasteiger partial charge on any atom is -0.457 e. The fourth-order valence-corrected chi connectivity index (χ4v) is 10.8. The van der Waals surface area contributed by atoms with Gasteiger partial charge in [0.25, 0.3) is 5.91 Å². The zero-order chi connectivity index (χ0) is 40.4. The van der Waals surface area contributed by atoms with Crippen molar-refractivity contribution in [3.05, 3.63) is 119 Å². The Bertz CT molecular complexity index is 1980. The van der Waals surface area contributed by atoms with E-state index in [2.05, 4.69) is 5.32 Å². The van der Waals surface area contributed by atoms with Gasteiger partial charge < -0.3 is 40.0 Å². The molecule has 3 aromatic rings. The Morgan fingerprint density at radius 2 is 1.46 bits per heavy atom. The highest BCUT2D eigenvalue weighted by molar-refractivity contribution is 5.95. The number of ether oxygens (including phenoxy) is 3. The van der Waals surface area contributed by atoms with E-state index in [9.17, 15) is 34.8 Å². The zero-order valence-corrected chi connectivity index (χ0v) is 32.7. The minimum atomic E-state index is -1.84. The lowest BCUT2D eigenvalue weighted by atomic mass is 9.46. The predicted molar refractivity (Wildman–Crippen MR) is 206 cm³/mol. The molecule has 1 amide bonds. The van der Waals surface area contributed by atoms with Crippen molar-refractivity contribution in [3.63, 3.8) is 0 Å². The summed E-state index contributed by atoms with van der Waals surface area (Å²) in [6, 6.07) is 24.4. The number of hydrogen-bond donors (Lipinski definition) is 5. The van der Waals surface area contributed by atoms with Crippen LogP contribution in [0, 0.1) is 28.1 Å². The van der Waals surface area contributed by atoms with Crippen LogP contribution in [-0.2, 0) is 19.0 Å². The number of esters is 2. The number of aliphatic hydroxyl groups excluding tert-OH is 3. The maximum atomic E-state index is 14.2. The summed E-state index contributed by atoms with van der Waals surface area (Å²) in [7, 11) is 0. The molecule has 2 saturated carbocycles. The van der Waals surface area contributed by atoms with Gasteiger partial charge in [-0.25, -0.2) is 9.59 Å². The van der Waals surface area contributed by atoms with E-state index in [0.29, 0.717) is 22.3 Å². The Labute approximate surface area is 327 Å². The molecule has 11 heteroatoms. The molecule has 7 rings (SSSR count). The number of aliphatic hydroxyl groups is 4. The largest absolute Gasteiger partial charge is 0.457 e. The van der Waals surface area contributed by atoms with Gasteiger partial charge in [0.05, 0.1) is 47.5 Å². The highest BCUT2D eigenvalue weighted by Crippen LogP contribution is 2.70. The number of nitrogens with one attached hydrogen (secondary N) is 1. The average Bonchev–Trinajstić information content (AvgIpc) is 3.46. The second-order valence-corrected chi connectivity index (χ2v) is 17.3. The summed E-state index contributed by atoms with van der Waals surface area (Å²) in [5, 5.41) is 51.5. The van der Waals surface area contributed by atoms with Crippen LogP contribution < -0.4 is 5.32 Å². The van der Waals surface area contributed by atoms with Crippen LogP contribution in [0.5, 0.6) is 0 Å². The van der Waals surface area contributed by atoms with E-state index < -0.39 is 94.2 Å². The Hall–Kier alpha value is -4.39. The number of benzene rings is 3. The molecule has 3 fully saturated rings. The molecule has 1 heterocycles. The molecule has 1 unspecified atom stereocenters. The first-order chi connectivity index (χ1) is 26.5. The predicted octanol–water partition coefficient (Wildman–Crippen LogP) is 4.94. The molecular formula is C45H53NO10. The third-order valence-corrected chi connectivity index (χ3v) is 13.7. The lowest BCUT2D eigenvalue weighted by Crippen LogP contribution is -2.73. The first-order valence-corrected chi connectivity index (χ1v) is 19.4. The van der Waals surface area contributed by atoms with E-state index in [1.807, 2.05) is 20.8 Å². The number of carbonyl (C=O) groups is 3. The van der Waals surface area contributed by atoms with Crippen LogP contribution in [0.4, 0.5) is 0 Å². The van der Waals surface area contributed by atoms with Crippen LogP contribution in [0.2, 0.25) is 0 Å². The van der Waals surface area contributed by atoms with E-state index in [1.54, 1.807) is 112 Å². The highest BCUT2D eigenvalue weighted by Gasteiger charge is 2.76. The minimum absolute atomic E-state index is 0.0589. The van der Waals surface area contributed by atoms with Gasteiger partial charge in [0.15, 0.2) is 6.10 Å². The monoisotopic (exact) mass is 767 g/mol. The second-order valence-electron chi connectivity index (χ2n) is 17.3. The topological polar surface area (TPSA) is 172 Å². The van der Waals surface area contributed by atoms with Gasteiger partial charge >= 0.3 is 11.9 Å². The van der Waals surface area contributed by atoms with Gasteiger partial charge in [-0.3, -0.25) is 4.79 Å². The van der Waals surface area contributed by atoms with Crippen molar-refractivity contribution in [2.45, 2.75) is 103 Å². The molecule has 0 bridgehead atoms. The molecule has 1 aliphatic heterocycles. The van der Waals surface area contributed by atoms with Crippen LogP contribution in [-0.4, -0.2) is 87.1 Å². The standard InChI is InChI=1S/C45H53NO10/c1-25-30(55-41(52)35(48)34(27-16-10-7-11-17-27)46-39(50)28-18-12-8-13-19-28)23-45(42(3,4)53)33(25)26(2)37(49)44(6)31(47)22-32-43(5,24-54-32)36(44)38(45)56-40(51)29-20-14-9-15-21-29/h7-21,26,30-32,34-38,47-49,53H,22-24H2,1-6H3,(H,46,50)/t26-,30?,31-,32+,34-,35+,36+,37-,38-,43+,44+,45-/m0/s1. The molecule has 4 aliphatic rings. The second kappa shape index (κ2) is 14.5. The highest BCUT2D eigenvalue weighted by atomic mass is 16.6. The Kier molecular flexibility index (Phi) is 10.3. The van der Waals surface area contributed by atoms with E-state index >= 15 is 0 Å². The average molecular weight is 768 g/mol. The smallest absolute Gasteiger partial charge is 0.338 e. The summed E-state index contributed by atoms with van der Waals surface area (Å²) in [4.78, 5) is 41.7. The van der Waals surface area contributed by atoms with E-state index in [1.165, 1.54) is 0 Å². The fourth-order valence-electron chi connectivity index (χ4n) is 10.8. The van der Waals surface area contributed by atoms with Crippen molar-refractivity contribution in [1.82, 2.24) is 5.32 Å². The number of fused-ring (bicyclic) bond motifs is 4.